The van der Waals surface area contributed by atoms with Gasteiger partial charge in [0.2, 0.25) is 0 Å². The Balaban J connectivity index is 1.99. The second kappa shape index (κ2) is 7.95. The summed E-state index contributed by atoms with van der Waals surface area (Å²) in [6.07, 6.45) is 3.55. The Kier molecular flexibility index (Phi) is 6.24. The lowest BCUT2D eigenvalue weighted by Crippen LogP contribution is -2.32. The van der Waals surface area contributed by atoms with Crippen LogP contribution in [0.1, 0.15) is 30.9 Å². The van der Waals surface area contributed by atoms with E-state index in [1.165, 1.54) is 30.5 Å². The quantitative estimate of drug-likeness (QED) is 0.780. The lowest BCUT2D eigenvalue weighted by Gasteiger charge is -2.30. The van der Waals surface area contributed by atoms with Crippen LogP contribution < -0.4 is 9.47 Å². The van der Waals surface area contributed by atoms with Crippen LogP contribution in [0.15, 0.2) is 12.1 Å². The summed E-state index contributed by atoms with van der Waals surface area (Å²) < 4.78 is 10.8. The van der Waals surface area contributed by atoms with Crippen molar-refractivity contribution in [3.05, 3.63) is 23.3 Å². The molecular formula is C17H27NO2S. The topological polar surface area (TPSA) is 21.7 Å². The molecule has 0 N–H and O–H groups in total. The molecule has 0 amide bonds. The molecule has 4 heteroatoms. The molecule has 3 nitrogen and oxygen atoms in total. The third-order valence-electron chi connectivity index (χ3n) is 4.36. The molecule has 1 aliphatic heterocycles. The molecule has 0 saturated heterocycles. The highest BCUT2D eigenvalue weighted by molar-refractivity contribution is 7.80. The Morgan fingerprint density at radius 3 is 2.43 bits per heavy atom. The van der Waals surface area contributed by atoms with Crippen LogP contribution in [0, 0.1) is 5.92 Å². The van der Waals surface area contributed by atoms with Gasteiger partial charge >= 0.3 is 0 Å². The fourth-order valence-corrected chi connectivity index (χ4v) is 3.34. The van der Waals surface area contributed by atoms with Gasteiger partial charge in [-0.2, -0.15) is 12.6 Å². The van der Waals surface area contributed by atoms with Crippen LogP contribution in [0.25, 0.3) is 0 Å². The van der Waals surface area contributed by atoms with Gasteiger partial charge in [0, 0.05) is 13.1 Å². The van der Waals surface area contributed by atoms with Crippen LogP contribution in [0.3, 0.4) is 0 Å². The SMILES string of the molecule is COc1cc2c(cc1OC)CN(CCC(C)CCS)CC2. The number of fused-ring (bicyclic) bond motifs is 1. The van der Waals surface area contributed by atoms with Crippen LogP contribution in [0.4, 0.5) is 0 Å². The zero-order chi connectivity index (χ0) is 15.2. The number of nitrogens with zero attached hydrogens (tertiary/aromatic N) is 1. The minimum Gasteiger partial charge on any atom is -0.493 e. The lowest BCUT2D eigenvalue weighted by molar-refractivity contribution is 0.234. The molecule has 1 unspecified atom stereocenters. The standard InChI is InChI=1S/C17H27NO2S/c1-13(6-9-21)4-7-18-8-5-14-10-16(19-2)17(20-3)11-15(14)12-18/h10-11,13,21H,4-9,12H2,1-3H3. The predicted molar refractivity (Wildman–Crippen MR) is 90.8 cm³/mol. The number of hydrogen-bond donors (Lipinski definition) is 1. The first kappa shape index (κ1) is 16.5. The van der Waals surface area contributed by atoms with Crippen LogP contribution in [0.2, 0.25) is 0 Å². The average molecular weight is 309 g/mol. The van der Waals surface area contributed by atoms with Crippen molar-refractivity contribution < 1.29 is 9.47 Å². The molecule has 0 radical (unpaired) electrons. The minimum atomic E-state index is 0.759. The summed E-state index contributed by atoms with van der Waals surface area (Å²) in [5.74, 6) is 3.42. The Hall–Kier alpha value is -0.870. The monoisotopic (exact) mass is 309 g/mol. The third-order valence-corrected chi connectivity index (χ3v) is 4.62. The predicted octanol–water partition coefficient (Wildman–Crippen LogP) is 3.41. The second-order valence-corrected chi connectivity index (χ2v) is 6.36. The molecule has 0 saturated carbocycles. The summed E-state index contributed by atoms with van der Waals surface area (Å²) in [5.41, 5.74) is 2.77. The first-order chi connectivity index (χ1) is 10.2. The molecule has 0 fully saturated rings. The lowest BCUT2D eigenvalue weighted by atomic mass is 9.97. The highest BCUT2D eigenvalue weighted by Crippen LogP contribution is 2.33. The molecule has 1 aromatic carbocycles. The van der Waals surface area contributed by atoms with Gasteiger partial charge in [-0.1, -0.05) is 6.92 Å². The molecule has 0 spiro atoms. The van der Waals surface area contributed by atoms with Crippen molar-refractivity contribution in [3.63, 3.8) is 0 Å². The molecule has 1 aromatic rings. The van der Waals surface area contributed by atoms with Gasteiger partial charge in [0.1, 0.15) is 0 Å². The summed E-state index contributed by atoms with van der Waals surface area (Å²) in [6.45, 7) is 5.64. The maximum Gasteiger partial charge on any atom is 0.161 e. The van der Waals surface area contributed by atoms with Crippen LogP contribution >= 0.6 is 12.6 Å². The zero-order valence-electron chi connectivity index (χ0n) is 13.4. The zero-order valence-corrected chi connectivity index (χ0v) is 14.3. The molecule has 118 valence electrons. The number of rotatable bonds is 7. The van der Waals surface area contributed by atoms with Gasteiger partial charge in [-0.15, -0.1) is 0 Å². The minimum absolute atomic E-state index is 0.759. The van der Waals surface area contributed by atoms with Gasteiger partial charge in [0.05, 0.1) is 14.2 Å². The number of thiol groups is 1. The van der Waals surface area contributed by atoms with Crippen molar-refractivity contribution in [3.8, 4) is 11.5 Å². The maximum absolute atomic E-state index is 5.42. The van der Waals surface area contributed by atoms with Crippen LogP contribution in [-0.4, -0.2) is 38.0 Å². The second-order valence-electron chi connectivity index (χ2n) is 5.91. The molecule has 0 aliphatic carbocycles. The van der Waals surface area contributed by atoms with Crippen molar-refractivity contribution in [2.45, 2.75) is 32.7 Å². The van der Waals surface area contributed by atoms with Gasteiger partial charge in [0.25, 0.3) is 0 Å². The van der Waals surface area contributed by atoms with Crippen molar-refractivity contribution in [2.75, 3.05) is 33.1 Å². The third kappa shape index (κ3) is 4.30. The van der Waals surface area contributed by atoms with Gasteiger partial charge < -0.3 is 9.47 Å². The van der Waals surface area contributed by atoms with Gasteiger partial charge in [-0.3, -0.25) is 4.90 Å². The van der Waals surface area contributed by atoms with Crippen LogP contribution in [-0.2, 0) is 13.0 Å². The van der Waals surface area contributed by atoms with E-state index in [-0.39, 0.29) is 0 Å². The fraction of sp³-hybridized carbons (Fsp3) is 0.647. The summed E-state index contributed by atoms with van der Waals surface area (Å²) in [4.78, 5) is 2.54. The Labute approximate surface area is 134 Å². The van der Waals surface area contributed by atoms with E-state index in [0.717, 1.165) is 42.7 Å². The van der Waals surface area contributed by atoms with E-state index in [4.69, 9.17) is 9.47 Å². The molecule has 1 heterocycles. The van der Waals surface area contributed by atoms with E-state index in [2.05, 4.69) is 36.6 Å². The molecule has 0 aromatic heterocycles. The van der Waals surface area contributed by atoms with Crippen molar-refractivity contribution in [1.82, 2.24) is 4.90 Å². The number of hydrogen-bond acceptors (Lipinski definition) is 4. The largest absolute Gasteiger partial charge is 0.493 e. The van der Waals surface area contributed by atoms with Gasteiger partial charge in [-0.05, 0) is 60.7 Å². The highest BCUT2D eigenvalue weighted by Gasteiger charge is 2.19. The summed E-state index contributed by atoms with van der Waals surface area (Å²) in [5, 5.41) is 0. The number of benzene rings is 1. The number of methoxy groups -OCH3 is 2. The van der Waals surface area contributed by atoms with E-state index in [0.29, 0.717) is 0 Å². The summed E-state index contributed by atoms with van der Waals surface area (Å²) in [7, 11) is 3.40. The highest BCUT2D eigenvalue weighted by atomic mass is 32.1. The molecular weight excluding hydrogens is 282 g/mol. The van der Waals surface area contributed by atoms with Crippen molar-refractivity contribution in [2.24, 2.45) is 5.92 Å². The number of ether oxygens (including phenoxy) is 2. The maximum atomic E-state index is 5.42. The van der Waals surface area contributed by atoms with E-state index in [1.807, 2.05) is 0 Å². The smallest absolute Gasteiger partial charge is 0.161 e. The Morgan fingerprint density at radius 2 is 1.81 bits per heavy atom. The molecule has 2 rings (SSSR count). The first-order valence-corrected chi connectivity index (χ1v) is 8.38. The van der Waals surface area contributed by atoms with E-state index < -0.39 is 0 Å². The first-order valence-electron chi connectivity index (χ1n) is 7.75. The van der Waals surface area contributed by atoms with E-state index in [9.17, 15) is 0 Å². The molecule has 21 heavy (non-hydrogen) atoms. The van der Waals surface area contributed by atoms with E-state index >= 15 is 0 Å². The van der Waals surface area contributed by atoms with Gasteiger partial charge in [-0.25, -0.2) is 0 Å². The Morgan fingerprint density at radius 1 is 1.14 bits per heavy atom. The van der Waals surface area contributed by atoms with E-state index in [1.54, 1.807) is 14.2 Å². The van der Waals surface area contributed by atoms with Crippen molar-refractivity contribution in [1.29, 1.82) is 0 Å². The fourth-order valence-electron chi connectivity index (χ4n) is 2.90. The molecule has 0 bridgehead atoms. The van der Waals surface area contributed by atoms with Gasteiger partial charge in [0.15, 0.2) is 11.5 Å². The normalized spacial score (nSPS) is 16.4. The van der Waals surface area contributed by atoms with Crippen LogP contribution in [0.5, 0.6) is 11.5 Å². The summed E-state index contributed by atoms with van der Waals surface area (Å²) >= 11 is 4.32. The molecule has 1 atom stereocenters. The molecule has 1 aliphatic rings. The Bertz CT molecular complexity index is 464. The van der Waals surface area contributed by atoms with Crippen molar-refractivity contribution >= 4 is 12.6 Å². The summed E-state index contributed by atoms with van der Waals surface area (Å²) in [6, 6.07) is 4.27. The average Bonchev–Trinajstić information content (AvgIpc) is 2.51.